The van der Waals surface area contributed by atoms with Crippen LogP contribution in [0.4, 0.5) is 0 Å². The molecule has 0 fully saturated rings. The molecule has 1 rings (SSSR count). The summed E-state index contributed by atoms with van der Waals surface area (Å²) in [6.45, 7) is 6.32. The minimum absolute atomic E-state index is 0.114. The summed E-state index contributed by atoms with van der Waals surface area (Å²) in [5.74, 6) is -0.257. The molecule has 0 amide bonds. The van der Waals surface area contributed by atoms with Crippen LogP contribution in [0.3, 0.4) is 0 Å². The van der Waals surface area contributed by atoms with Crippen LogP contribution < -0.4 is 0 Å². The number of carboxylic acid groups (broad SMARTS) is 1. The van der Waals surface area contributed by atoms with E-state index in [1.165, 1.54) is 5.56 Å². The molecule has 0 bridgehead atoms. The van der Waals surface area contributed by atoms with Crippen LogP contribution in [0.1, 0.15) is 50.7 Å². The molecular weight excluding hydrogens is 212 g/mol. The highest BCUT2D eigenvalue weighted by molar-refractivity contribution is 5.68. The summed E-state index contributed by atoms with van der Waals surface area (Å²) in [5.41, 5.74) is 2.47. The molecule has 0 radical (unpaired) electrons. The molecule has 1 atom stereocenters. The molecule has 17 heavy (non-hydrogen) atoms. The third-order valence-electron chi connectivity index (χ3n) is 3.15. The van der Waals surface area contributed by atoms with Crippen molar-refractivity contribution >= 4 is 5.97 Å². The van der Waals surface area contributed by atoms with E-state index in [1.54, 1.807) is 0 Å². The van der Waals surface area contributed by atoms with Gasteiger partial charge in [-0.25, -0.2) is 0 Å². The van der Waals surface area contributed by atoms with Crippen molar-refractivity contribution in [1.82, 2.24) is 0 Å². The second-order valence-corrected chi connectivity index (χ2v) is 4.94. The van der Waals surface area contributed by atoms with Gasteiger partial charge in [-0.3, -0.25) is 4.79 Å². The van der Waals surface area contributed by atoms with Crippen LogP contribution in [0.2, 0.25) is 0 Å². The van der Waals surface area contributed by atoms with Crippen LogP contribution in [-0.2, 0) is 11.2 Å². The van der Waals surface area contributed by atoms with E-state index >= 15 is 0 Å². The second kappa shape index (κ2) is 6.43. The quantitative estimate of drug-likeness (QED) is 0.811. The molecule has 0 aliphatic rings. The maximum atomic E-state index is 10.9. The van der Waals surface area contributed by atoms with E-state index in [0.29, 0.717) is 5.92 Å². The molecular formula is C15H22O2. The SMILES string of the molecule is CCCc1ccc(C(CC(=O)O)C(C)C)cc1. The van der Waals surface area contributed by atoms with Crippen LogP contribution >= 0.6 is 0 Å². The Bertz CT molecular complexity index is 352. The zero-order valence-electron chi connectivity index (χ0n) is 10.9. The summed E-state index contributed by atoms with van der Waals surface area (Å²) < 4.78 is 0. The van der Waals surface area contributed by atoms with E-state index < -0.39 is 5.97 Å². The summed E-state index contributed by atoms with van der Waals surface area (Å²) in [7, 11) is 0. The number of carbonyl (C=O) groups is 1. The molecule has 0 heterocycles. The number of aliphatic carboxylic acids is 1. The van der Waals surface area contributed by atoms with E-state index in [1.807, 2.05) is 0 Å². The van der Waals surface area contributed by atoms with Gasteiger partial charge in [0.1, 0.15) is 0 Å². The maximum Gasteiger partial charge on any atom is 0.303 e. The molecule has 1 unspecified atom stereocenters. The molecule has 0 aliphatic heterocycles. The van der Waals surface area contributed by atoms with Gasteiger partial charge in [-0.1, -0.05) is 51.5 Å². The molecule has 1 aromatic rings. The number of aryl methyl sites for hydroxylation is 1. The normalized spacial score (nSPS) is 12.7. The van der Waals surface area contributed by atoms with Gasteiger partial charge in [0.05, 0.1) is 6.42 Å². The van der Waals surface area contributed by atoms with E-state index in [-0.39, 0.29) is 12.3 Å². The Morgan fingerprint density at radius 3 is 2.24 bits per heavy atom. The standard InChI is InChI=1S/C15H22O2/c1-4-5-12-6-8-13(9-7-12)14(11(2)3)10-15(16)17/h6-9,11,14H,4-5,10H2,1-3H3,(H,16,17). The highest BCUT2D eigenvalue weighted by Crippen LogP contribution is 2.28. The molecule has 94 valence electrons. The molecule has 0 spiro atoms. The van der Waals surface area contributed by atoms with Gasteiger partial charge in [0.15, 0.2) is 0 Å². The van der Waals surface area contributed by atoms with Gasteiger partial charge in [0.2, 0.25) is 0 Å². The Kier molecular flexibility index (Phi) is 5.20. The van der Waals surface area contributed by atoms with Gasteiger partial charge in [-0.2, -0.15) is 0 Å². The van der Waals surface area contributed by atoms with Crippen molar-refractivity contribution in [3.63, 3.8) is 0 Å². The smallest absolute Gasteiger partial charge is 0.303 e. The van der Waals surface area contributed by atoms with Crippen molar-refractivity contribution in [3.05, 3.63) is 35.4 Å². The predicted octanol–water partition coefficient (Wildman–Crippen LogP) is 3.85. The highest BCUT2D eigenvalue weighted by Gasteiger charge is 2.18. The first-order valence-electron chi connectivity index (χ1n) is 6.35. The predicted molar refractivity (Wildman–Crippen MR) is 70.3 cm³/mol. The number of carboxylic acids is 1. The minimum atomic E-state index is -0.721. The van der Waals surface area contributed by atoms with Crippen molar-refractivity contribution in [1.29, 1.82) is 0 Å². The summed E-state index contributed by atoms with van der Waals surface area (Å²) in [5, 5.41) is 8.93. The van der Waals surface area contributed by atoms with E-state index in [2.05, 4.69) is 45.0 Å². The Morgan fingerprint density at radius 1 is 1.24 bits per heavy atom. The first-order chi connectivity index (χ1) is 8.04. The molecule has 2 nitrogen and oxygen atoms in total. The number of benzene rings is 1. The highest BCUT2D eigenvalue weighted by atomic mass is 16.4. The lowest BCUT2D eigenvalue weighted by atomic mass is 9.85. The molecule has 0 saturated heterocycles. The van der Waals surface area contributed by atoms with Gasteiger partial charge in [0, 0.05) is 0 Å². The molecule has 1 aromatic carbocycles. The lowest BCUT2D eigenvalue weighted by molar-refractivity contribution is -0.137. The number of rotatable bonds is 6. The summed E-state index contributed by atoms with van der Waals surface area (Å²) >= 11 is 0. The molecule has 0 saturated carbocycles. The topological polar surface area (TPSA) is 37.3 Å². The Balaban J connectivity index is 2.83. The fraction of sp³-hybridized carbons (Fsp3) is 0.533. The first-order valence-corrected chi connectivity index (χ1v) is 6.35. The fourth-order valence-corrected chi connectivity index (χ4v) is 2.15. The monoisotopic (exact) mass is 234 g/mol. The third kappa shape index (κ3) is 4.22. The molecule has 0 aliphatic carbocycles. The van der Waals surface area contributed by atoms with E-state index in [4.69, 9.17) is 5.11 Å². The Labute approximate surface area is 104 Å². The summed E-state index contributed by atoms with van der Waals surface area (Å²) in [4.78, 5) is 10.9. The van der Waals surface area contributed by atoms with E-state index in [0.717, 1.165) is 18.4 Å². The summed E-state index contributed by atoms with van der Waals surface area (Å²) in [6, 6.07) is 8.41. The van der Waals surface area contributed by atoms with Crippen LogP contribution in [0.25, 0.3) is 0 Å². The Morgan fingerprint density at radius 2 is 1.82 bits per heavy atom. The van der Waals surface area contributed by atoms with Crippen molar-refractivity contribution in [2.75, 3.05) is 0 Å². The zero-order chi connectivity index (χ0) is 12.8. The lowest BCUT2D eigenvalue weighted by Crippen LogP contribution is -2.12. The van der Waals surface area contributed by atoms with Crippen molar-refractivity contribution in [3.8, 4) is 0 Å². The van der Waals surface area contributed by atoms with Gasteiger partial charge < -0.3 is 5.11 Å². The van der Waals surface area contributed by atoms with Crippen molar-refractivity contribution in [2.45, 2.75) is 46.0 Å². The largest absolute Gasteiger partial charge is 0.481 e. The molecule has 1 N–H and O–H groups in total. The number of hydrogen-bond donors (Lipinski definition) is 1. The Hall–Kier alpha value is -1.31. The van der Waals surface area contributed by atoms with Gasteiger partial charge >= 0.3 is 5.97 Å². The van der Waals surface area contributed by atoms with Crippen LogP contribution in [-0.4, -0.2) is 11.1 Å². The summed E-state index contributed by atoms with van der Waals surface area (Å²) in [6.07, 6.45) is 2.44. The van der Waals surface area contributed by atoms with Crippen LogP contribution in [0.5, 0.6) is 0 Å². The second-order valence-electron chi connectivity index (χ2n) is 4.94. The average Bonchev–Trinajstić information content (AvgIpc) is 2.27. The zero-order valence-corrected chi connectivity index (χ0v) is 10.9. The molecule has 2 heteroatoms. The van der Waals surface area contributed by atoms with E-state index in [9.17, 15) is 4.79 Å². The van der Waals surface area contributed by atoms with Crippen molar-refractivity contribution < 1.29 is 9.90 Å². The first kappa shape index (κ1) is 13.8. The minimum Gasteiger partial charge on any atom is -0.481 e. The fourth-order valence-electron chi connectivity index (χ4n) is 2.15. The van der Waals surface area contributed by atoms with Gasteiger partial charge in [-0.05, 0) is 29.4 Å². The van der Waals surface area contributed by atoms with Gasteiger partial charge in [-0.15, -0.1) is 0 Å². The lowest BCUT2D eigenvalue weighted by Gasteiger charge is -2.19. The van der Waals surface area contributed by atoms with Gasteiger partial charge in [0.25, 0.3) is 0 Å². The third-order valence-corrected chi connectivity index (χ3v) is 3.15. The van der Waals surface area contributed by atoms with Crippen LogP contribution in [0, 0.1) is 5.92 Å². The molecule has 0 aromatic heterocycles. The van der Waals surface area contributed by atoms with Crippen LogP contribution in [0.15, 0.2) is 24.3 Å². The maximum absolute atomic E-state index is 10.9. The average molecular weight is 234 g/mol. The number of hydrogen-bond acceptors (Lipinski definition) is 1. The van der Waals surface area contributed by atoms with Crippen molar-refractivity contribution in [2.24, 2.45) is 5.92 Å².